The maximum absolute atomic E-state index is 12.1. The van der Waals surface area contributed by atoms with E-state index in [0.717, 1.165) is 0 Å². The molecule has 0 aliphatic heterocycles. The van der Waals surface area contributed by atoms with Gasteiger partial charge >= 0.3 is 0 Å². The van der Waals surface area contributed by atoms with Gasteiger partial charge < -0.3 is 5.73 Å². The van der Waals surface area contributed by atoms with Gasteiger partial charge in [0.2, 0.25) is 10.0 Å². The first kappa shape index (κ1) is 14.8. The third-order valence-electron chi connectivity index (χ3n) is 2.79. The van der Waals surface area contributed by atoms with E-state index in [2.05, 4.69) is 9.71 Å². The highest BCUT2D eigenvalue weighted by Gasteiger charge is 2.14. The summed E-state index contributed by atoms with van der Waals surface area (Å²) in [5.74, 6) is 0.0716. The molecule has 0 atom stereocenters. The molecule has 108 valence electrons. The van der Waals surface area contributed by atoms with Crippen LogP contribution in [0, 0.1) is 18.3 Å². The first-order chi connectivity index (χ1) is 9.89. The van der Waals surface area contributed by atoms with Crippen LogP contribution in [0.25, 0.3) is 0 Å². The molecule has 1 aromatic heterocycles. The molecular formula is C14H14N4O2S. The normalized spacial score (nSPS) is 10.9. The Morgan fingerprint density at radius 3 is 2.57 bits per heavy atom. The molecule has 1 aromatic carbocycles. The van der Waals surface area contributed by atoms with Gasteiger partial charge in [-0.25, -0.2) is 13.4 Å². The second-order valence-electron chi connectivity index (χ2n) is 4.60. The van der Waals surface area contributed by atoms with Crippen LogP contribution in [0.1, 0.15) is 16.7 Å². The van der Waals surface area contributed by atoms with Crippen molar-refractivity contribution in [1.82, 2.24) is 4.98 Å². The van der Waals surface area contributed by atoms with Gasteiger partial charge in [-0.15, -0.1) is 0 Å². The van der Waals surface area contributed by atoms with E-state index < -0.39 is 10.0 Å². The predicted octanol–water partition coefficient (Wildman–Crippen LogP) is 1.79. The Labute approximate surface area is 123 Å². The fourth-order valence-electron chi connectivity index (χ4n) is 1.78. The number of rotatable bonds is 4. The Balaban J connectivity index is 2.16. The summed E-state index contributed by atoms with van der Waals surface area (Å²) in [6.45, 7) is 1.73. The number of nitrogens with zero attached hydrogens (tertiary/aromatic N) is 2. The molecule has 21 heavy (non-hydrogen) atoms. The minimum atomic E-state index is -3.58. The van der Waals surface area contributed by atoms with Gasteiger partial charge in [-0.2, -0.15) is 5.26 Å². The number of anilines is 2. The molecule has 6 nitrogen and oxygen atoms in total. The predicted molar refractivity (Wildman–Crippen MR) is 80.8 cm³/mol. The first-order valence-corrected chi connectivity index (χ1v) is 7.76. The Kier molecular flexibility index (Phi) is 4.10. The summed E-state index contributed by atoms with van der Waals surface area (Å²) < 4.78 is 26.7. The molecule has 3 N–H and O–H groups in total. The summed E-state index contributed by atoms with van der Waals surface area (Å²) in [6, 6.07) is 10.0. The highest BCUT2D eigenvalue weighted by Crippen LogP contribution is 2.17. The molecule has 0 unspecified atom stereocenters. The molecule has 1 heterocycles. The Bertz CT molecular complexity index is 793. The van der Waals surface area contributed by atoms with E-state index in [1.807, 2.05) is 6.07 Å². The van der Waals surface area contributed by atoms with Crippen molar-refractivity contribution in [3.8, 4) is 6.07 Å². The fraction of sp³-hybridized carbons (Fsp3) is 0.143. The molecule has 0 aliphatic rings. The van der Waals surface area contributed by atoms with Crippen LogP contribution in [0.4, 0.5) is 11.5 Å². The topological polar surface area (TPSA) is 109 Å². The zero-order valence-corrected chi connectivity index (χ0v) is 12.2. The summed E-state index contributed by atoms with van der Waals surface area (Å²) in [4.78, 5) is 3.97. The zero-order chi connectivity index (χ0) is 15.5. The first-order valence-electron chi connectivity index (χ1n) is 6.11. The van der Waals surface area contributed by atoms with Crippen LogP contribution in [0.15, 0.2) is 36.5 Å². The Morgan fingerprint density at radius 2 is 2.00 bits per heavy atom. The van der Waals surface area contributed by atoms with Crippen molar-refractivity contribution in [2.24, 2.45) is 0 Å². The average Bonchev–Trinajstić information content (AvgIpc) is 2.42. The fourth-order valence-corrected chi connectivity index (χ4v) is 2.99. The van der Waals surface area contributed by atoms with E-state index in [1.165, 1.54) is 6.20 Å². The van der Waals surface area contributed by atoms with Gasteiger partial charge in [0.15, 0.2) is 0 Å². The number of hydrogen-bond donors (Lipinski definition) is 2. The molecule has 0 fully saturated rings. The van der Waals surface area contributed by atoms with Gasteiger partial charge in [0, 0.05) is 0 Å². The summed E-state index contributed by atoms with van der Waals surface area (Å²) in [7, 11) is -3.58. The number of hydrogen-bond acceptors (Lipinski definition) is 5. The third kappa shape index (κ3) is 3.94. The number of nitrogen functional groups attached to an aromatic ring is 1. The molecule has 0 saturated carbocycles. The lowest BCUT2D eigenvalue weighted by molar-refractivity contribution is 0.600. The second kappa shape index (κ2) is 5.81. The van der Waals surface area contributed by atoms with Crippen molar-refractivity contribution < 1.29 is 8.42 Å². The molecule has 2 rings (SSSR count). The van der Waals surface area contributed by atoms with Gasteiger partial charge in [-0.05, 0) is 36.2 Å². The van der Waals surface area contributed by atoms with Gasteiger partial charge in [0.1, 0.15) is 5.82 Å². The quantitative estimate of drug-likeness (QED) is 0.894. The molecule has 2 aromatic rings. The molecule has 7 heteroatoms. The zero-order valence-electron chi connectivity index (χ0n) is 11.4. The number of pyridine rings is 1. The van der Waals surface area contributed by atoms with Crippen molar-refractivity contribution in [2.45, 2.75) is 12.7 Å². The largest absolute Gasteiger partial charge is 0.397 e. The molecule has 0 radical (unpaired) electrons. The van der Waals surface area contributed by atoms with E-state index in [-0.39, 0.29) is 11.6 Å². The van der Waals surface area contributed by atoms with Crippen molar-refractivity contribution in [3.63, 3.8) is 0 Å². The van der Waals surface area contributed by atoms with Crippen molar-refractivity contribution in [3.05, 3.63) is 53.2 Å². The number of nitriles is 1. The van der Waals surface area contributed by atoms with Gasteiger partial charge in [-0.3, -0.25) is 4.72 Å². The SMILES string of the molecule is Cc1cc(N)cnc1NS(=O)(=O)Cc1ccc(C#N)cc1. The lowest BCUT2D eigenvalue weighted by atomic mass is 10.2. The molecule has 0 saturated heterocycles. The maximum atomic E-state index is 12.1. The molecule has 0 bridgehead atoms. The van der Waals surface area contributed by atoms with Crippen LogP contribution in [0.2, 0.25) is 0 Å². The van der Waals surface area contributed by atoms with E-state index in [9.17, 15) is 8.42 Å². The van der Waals surface area contributed by atoms with Gasteiger partial charge in [0.25, 0.3) is 0 Å². The van der Waals surface area contributed by atoms with Crippen molar-refractivity contribution in [1.29, 1.82) is 5.26 Å². The second-order valence-corrected chi connectivity index (χ2v) is 6.33. The Morgan fingerprint density at radius 1 is 1.33 bits per heavy atom. The van der Waals surface area contributed by atoms with Crippen molar-refractivity contribution >= 4 is 21.5 Å². The van der Waals surface area contributed by atoms with E-state index in [1.54, 1.807) is 37.3 Å². The van der Waals surface area contributed by atoms with Crippen LogP contribution in [0.5, 0.6) is 0 Å². The summed E-state index contributed by atoms with van der Waals surface area (Å²) in [6.07, 6.45) is 1.40. The molecule has 0 spiro atoms. The Hall–Kier alpha value is -2.59. The summed E-state index contributed by atoms with van der Waals surface area (Å²) in [5, 5.41) is 8.71. The van der Waals surface area contributed by atoms with E-state index in [0.29, 0.717) is 22.4 Å². The molecule has 0 aliphatic carbocycles. The van der Waals surface area contributed by atoms with Crippen LogP contribution in [-0.2, 0) is 15.8 Å². The molecule has 0 amide bonds. The maximum Gasteiger partial charge on any atom is 0.238 e. The number of sulfonamides is 1. The highest BCUT2D eigenvalue weighted by atomic mass is 32.2. The number of aryl methyl sites for hydroxylation is 1. The monoisotopic (exact) mass is 302 g/mol. The minimum absolute atomic E-state index is 0.190. The number of nitrogens with one attached hydrogen (secondary N) is 1. The van der Waals surface area contributed by atoms with E-state index >= 15 is 0 Å². The van der Waals surface area contributed by atoms with Gasteiger partial charge in [-0.1, -0.05) is 12.1 Å². The van der Waals surface area contributed by atoms with Crippen LogP contribution in [0.3, 0.4) is 0 Å². The lowest BCUT2D eigenvalue weighted by Gasteiger charge is -2.10. The smallest absolute Gasteiger partial charge is 0.238 e. The average molecular weight is 302 g/mol. The third-order valence-corrected chi connectivity index (χ3v) is 4.01. The number of benzene rings is 1. The summed E-state index contributed by atoms with van der Waals surface area (Å²) >= 11 is 0. The highest BCUT2D eigenvalue weighted by molar-refractivity contribution is 7.91. The number of aromatic nitrogens is 1. The minimum Gasteiger partial charge on any atom is -0.397 e. The van der Waals surface area contributed by atoms with Crippen LogP contribution >= 0.6 is 0 Å². The van der Waals surface area contributed by atoms with E-state index in [4.69, 9.17) is 11.0 Å². The summed E-state index contributed by atoms with van der Waals surface area (Å²) in [5.41, 5.74) is 7.78. The number of nitrogens with two attached hydrogens (primary N) is 1. The van der Waals surface area contributed by atoms with Crippen LogP contribution < -0.4 is 10.5 Å². The van der Waals surface area contributed by atoms with Crippen LogP contribution in [-0.4, -0.2) is 13.4 Å². The standard InChI is InChI=1S/C14H14N4O2S/c1-10-6-13(16)8-17-14(10)18-21(19,20)9-12-4-2-11(7-15)3-5-12/h2-6,8H,9,16H2,1H3,(H,17,18). The van der Waals surface area contributed by atoms with Gasteiger partial charge in [0.05, 0.1) is 29.3 Å². The lowest BCUT2D eigenvalue weighted by Crippen LogP contribution is -2.16. The van der Waals surface area contributed by atoms with Crippen molar-refractivity contribution in [2.75, 3.05) is 10.5 Å². The molecular weight excluding hydrogens is 288 g/mol.